The van der Waals surface area contributed by atoms with E-state index in [1.165, 1.54) is 0 Å². The number of hydrogen-bond acceptors (Lipinski definition) is 3. The molecule has 19 heavy (non-hydrogen) atoms. The highest BCUT2D eigenvalue weighted by Gasteiger charge is 2.02. The van der Waals surface area contributed by atoms with Crippen LogP contribution in [0.2, 0.25) is 0 Å². The van der Waals surface area contributed by atoms with E-state index in [2.05, 4.69) is 5.32 Å². The molecule has 2 aromatic carbocycles. The monoisotopic (exact) mass is 255 g/mol. The third-order valence-corrected chi connectivity index (χ3v) is 2.82. The van der Waals surface area contributed by atoms with Gasteiger partial charge in [0.2, 0.25) is 5.91 Å². The molecule has 3 N–H and O–H groups in total. The van der Waals surface area contributed by atoms with Gasteiger partial charge in [-0.25, -0.2) is 0 Å². The highest BCUT2D eigenvalue weighted by atomic mass is 16.1. The Kier molecular flexibility index (Phi) is 3.71. The van der Waals surface area contributed by atoms with Crippen molar-refractivity contribution in [1.29, 1.82) is 0 Å². The number of primary amides is 1. The summed E-state index contributed by atoms with van der Waals surface area (Å²) in [6.45, 7) is 0. The van der Waals surface area contributed by atoms with Crippen LogP contribution in [0.1, 0.15) is 10.4 Å². The molecule has 0 aliphatic carbocycles. The van der Waals surface area contributed by atoms with E-state index in [1.807, 2.05) is 49.3 Å². The van der Waals surface area contributed by atoms with Gasteiger partial charge in [0.05, 0.1) is 0 Å². The van der Waals surface area contributed by atoms with Gasteiger partial charge in [0.15, 0.2) is 0 Å². The Hall–Kier alpha value is -2.49. The van der Waals surface area contributed by atoms with Crippen LogP contribution in [0, 0.1) is 0 Å². The van der Waals surface area contributed by atoms with Crippen LogP contribution in [-0.2, 0) is 0 Å². The largest absolute Gasteiger partial charge is 0.378 e. The minimum absolute atomic E-state index is 0.424. The lowest BCUT2D eigenvalue weighted by molar-refractivity contribution is 0.100. The summed E-state index contributed by atoms with van der Waals surface area (Å²) in [5, 5.41) is 3.24. The molecule has 0 unspecified atom stereocenters. The second-order valence-electron chi connectivity index (χ2n) is 4.51. The lowest BCUT2D eigenvalue weighted by atomic mass is 10.2. The van der Waals surface area contributed by atoms with Crippen LogP contribution < -0.4 is 16.0 Å². The molecule has 2 rings (SSSR count). The van der Waals surface area contributed by atoms with Crippen molar-refractivity contribution in [3.8, 4) is 0 Å². The van der Waals surface area contributed by atoms with Gasteiger partial charge in [-0.3, -0.25) is 4.79 Å². The predicted octanol–water partition coefficient (Wildman–Crippen LogP) is 2.60. The number of nitrogens with one attached hydrogen (secondary N) is 1. The molecule has 0 spiro atoms. The molecule has 0 heterocycles. The Morgan fingerprint density at radius 3 is 2.32 bits per heavy atom. The van der Waals surface area contributed by atoms with Gasteiger partial charge in [-0.05, 0) is 42.5 Å². The fourth-order valence-electron chi connectivity index (χ4n) is 1.76. The number of rotatable bonds is 4. The van der Waals surface area contributed by atoms with Crippen molar-refractivity contribution < 1.29 is 4.79 Å². The average Bonchev–Trinajstić information content (AvgIpc) is 2.39. The molecule has 0 atom stereocenters. The van der Waals surface area contributed by atoms with Crippen LogP contribution in [0.25, 0.3) is 0 Å². The van der Waals surface area contributed by atoms with E-state index in [0.29, 0.717) is 5.56 Å². The zero-order valence-corrected chi connectivity index (χ0v) is 11.1. The van der Waals surface area contributed by atoms with Crippen molar-refractivity contribution in [1.82, 2.24) is 0 Å². The Bertz CT molecular complexity index is 576. The van der Waals surface area contributed by atoms with Crippen LogP contribution in [-0.4, -0.2) is 20.0 Å². The van der Waals surface area contributed by atoms with Gasteiger partial charge in [-0.2, -0.15) is 0 Å². The topological polar surface area (TPSA) is 58.4 Å². The Balaban J connectivity index is 2.16. The minimum Gasteiger partial charge on any atom is -0.378 e. The number of amides is 1. The minimum atomic E-state index is -0.424. The number of carbonyl (C=O) groups is 1. The summed E-state index contributed by atoms with van der Waals surface area (Å²) in [5.74, 6) is -0.424. The first kappa shape index (κ1) is 13.0. The van der Waals surface area contributed by atoms with Crippen molar-refractivity contribution in [3.05, 3.63) is 54.1 Å². The maximum atomic E-state index is 11.1. The first-order valence-electron chi connectivity index (χ1n) is 6.00. The number of nitrogens with two attached hydrogens (primary N) is 1. The summed E-state index contributed by atoms with van der Waals surface area (Å²) in [4.78, 5) is 13.2. The molecule has 4 nitrogen and oxygen atoms in total. The van der Waals surface area contributed by atoms with Gasteiger partial charge in [0.25, 0.3) is 0 Å². The second-order valence-corrected chi connectivity index (χ2v) is 4.51. The smallest absolute Gasteiger partial charge is 0.248 e. The summed E-state index contributed by atoms with van der Waals surface area (Å²) >= 11 is 0. The molecule has 98 valence electrons. The van der Waals surface area contributed by atoms with Crippen molar-refractivity contribution in [2.75, 3.05) is 24.3 Å². The number of hydrogen-bond donors (Lipinski definition) is 2. The molecule has 1 amide bonds. The van der Waals surface area contributed by atoms with Gasteiger partial charge < -0.3 is 16.0 Å². The van der Waals surface area contributed by atoms with Crippen LogP contribution in [0.5, 0.6) is 0 Å². The summed E-state index contributed by atoms with van der Waals surface area (Å²) in [6, 6.07) is 15.2. The van der Waals surface area contributed by atoms with Crippen molar-refractivity contribution in [2.45, 2.75) is 0 Å². The van der Waals surface area contributed by atoms with Crippen molar-refractivity contribution >= 4 is 23.0 Å². The fraction of sp³-hybridized carbons (Fsp3) is 0.133. The Morgan fingerprint density at radius 2 is 1.74 bits per heavy atom. The molecule has 4 heteroatoms. The van der Waals surface area contributed by atoms with E-state index in [9.17, 15) is 4.79 Å². The molecule has 0 saturated heterocycles. The number of anilines is 3. The average molecular weight is 255 g/mol. The summed E-state index contributed by atoms with van der Waals surface area (Å²) in [7, 11) is 4.00. The van der Waals surface area contributed by atoms with Gasteiger partial charge in [0, 0.05) is 36.7 Å². The number of carbonyl (C=O) groups excluding carboxylic acids is 1. The maximum absolute atomic E-state index is 11.1. The summed E-state index contributed by atoms with van der Waals surface area (Å²) < 4.78 is 0. The van der Waals surface area contributed by atoms with Crippen LogP contribution in [0.3, 0.4) is 0 Å². The van der Waals surface area contributed by atoms with Crippen LogP contribution >= 0.6 is 0 Å². The first-order chi connectivity index (χ1) is 9.06. The maximum Gasteiger partial charge on any atom is 0.248 e. The van der Waals surface area contributed by atoms with E-state index in [-0.39, 0.29) is 0 Å². The quantitative estimate of drug-likeness (QED) is 0.882. The molecule has 0 saturated carbocycles. The van der Waals surface area contributed by atoms with E-state index in [0.717, 1.165) is 17.1 Å². The van der Waals surface area contributed by atoms with E-state index < -0.39 is 5.91 Å². The summed E-state index contributed by atoms with van der Waals surface area (Å²) in [5.41, 5.74) is 8.69. The molecule has 0 aromatic heterocycles. The number of nitrogens with zero attached hydrogens (tertiary/aromatic N) is 1. The number of benzene rings is 2. The Morgan fingerprint density at radius 1 is 1.05 bits per heavy atom. The van der Waals surface area contributed by atoms with Gasteiger partial charge >= 0.3 is 0 Å². The predicted molar refractivity (Wildman–Crippen MR) is 79.0 cm³/mol. The molecule has 0 aliphatic heterocycles. The first-order valence-corrected chi connectivity index (χ1v) is 6.00. The van der Waals surface area contributed by atoms with E-state index >= 15 is 0 Å². The van der Waals surface area contributed by atoms with Crippen LogP contribution in [0.4, 0.5) is 17.1 Å². The van der Waals surface area contributed by atoms with Gasteiger partial charge in [-0.1, -0.05) is 6.07 Å². The third kappa shape index (κ3) is 3.25. The van der Waals surface area contributed by atoms with Crippen LogP contribution in [0.15, 0.2) is 48.5 Å². The Labute approximate surface area is 112 Å². The lowest BCUT2D eigenvalue weighted by Gasteiger charge is -2.13. The molecular weight excluding hydrogens is 238 g/mol. The van der Waals surface area contributed by atoms with E-state index in [1.54, 1.807) is 18.2 Å². The second kappa shape index (κ2) is 5.44. The molecule has 0 radical (unpaired) electrons. The van der Waals surface area contributed by atoms with Crippen molar-refractivity contribution in [2.24, 2.45) is 5.73 Å². The SMILES string of the molecule is CN(C)c1ccc(Nc2cccc(C(N)=O)c2)cc1. The molecule has 0 aliphatic rings. The zero-order chi connectivity index (χ0) is 13.8. The van der Waals surface area contributed by atoms with Gasteiger partial charge in [-0.15, -0.1) is 0 Å². The van der Waals surface area contributed by atoms with Crippen molar-refractivity contribution in [3.63, 3.8) is 0 Å². The third-order valence-electron chi connectivity index (χ3n) is 2.82. The summed E-state index contributed by atoms with van der Waals surface area (Å²) in [6.07, 6.45) is 0. The molecular formula is C15H17N3O. The lowest BCUT2D eigenvalue weighted by Crippen LogP contribution is -2.10. The molecule has 0 fully saturated rings. The highest BCUT2D eigenvalue weighted by Crippen LogP contribution is 2.20. The van der Waals surface area contributed by atoms with Gasteiger partial charge in [0.1, 0.15) is 0 Å². The van der Waals surface area contributed by atoms with E-state index in [4.69, 9.17) is 5.73 Å². The zero-order valence-electron chi connectivity index (χ0n) is 11.1. The molecule has 2 aromatic rings. The molecule has 0 bridgehead atoms. The normalized spacial score (nSPS) is 10.0. The standard InChI is InChI=1S/C15H17N3O/c1-18(2)14-8-6-12(7-9-14)17-13-5-3-4-11(10-13)15(16)19/h3-10,17H,1-2H3,(H2,16,19). The highest BCUT2D eigenvalue weighted by molar-refractivity contribution is 5.93. The fourth-order valence-corrected chi connectivity index (χ4v) is 1.76.